The van der Waals surface area contributed by atoms with Gasteiger partial charge in [0.2, 0.25) is 0 Å². The van der Waals surface area contributed by atoms with Crippen LogP contribution in [0.2, 0.25) is 0 Å². The lowest BCUT2D eigenvalue weighted by Gasteiger charge is -2.24. The van der Waals surface area contributed by atoms with E-state index in [4.69, 9.17) is 4.74 Å². The van der Waals surface area contributed by atoms with E-state index in [1.165, 1.54) is 5.56 Å². The van der Waals surface area contributed by atoms with Crippen molar-refractivity contribution >= 4 is 0 Å². The van der Waals surface area contributed by atoms with Crippen LogP contribution in [0.25, 0.3) is 0 Å². The largest absolute Gasteiger partial charge is 0.493 e. The van der Waals surface area contributed by atoms with E-state index in [0.29, 0.717) is 12.5 Å². The number of fused-ring (bicyclic) bond motifs is 1. The van der Waals surface area contributed by atoms with E-state index in [-0.39, 0.29) is 5.54 Å². The molecule has 0 aliphatic carbocycles. The summed E-state index contributed by atoms with van der Waals surface area (Å²) in [7, 11) is 0. The second-order valence-corrected chi connectivity index (χ2v) is 6.72. The highest BCUT2D eigenvalue weighted by Gasteiger charge is 2.23. The lowest BCUT2D eigenvalue weighted by Crippen LogP contribution is -2.35. The van der Waals surface area contributed by atoms with Crippen molar-refractivity contribution in [3.63, 3.8) is 0 Å². The average Bonchev–Trinajstić information content (AvgIpc) is 2.93. The number of hydrogen-bond acceptors (Lipinski definition) is 3. The van der Waals surface area contributed by atoms with E-state index in [1.807, 2.05) is 18.3 Å². The highest BCUT2D eigenvalue weighted by molar-refractivity contribution is 5.36. The molecular formula is C17H23N3O. The van der Waals surface area contributed by atoms with Gasteiger partial charge in [0, 0.05) is 24.0 Å². The Bertz CT molecular complexity index is 612. The molecule has 0 saturated heterocycles. The summed E-state index contributed by atoms with van der Waals surface area (Å²) in [5.74, 6) is 2.34. The molecule has 1 aromatic heterocycles. The Morgan fingerprint density at radius 1 is 1.33 bits per heavy atom. The fourth-order valence-electron chi connectivity index (χ4n) is 2.54. The van der Waals surface area contributed by atoms with E-state index in [0.717, 1.165) is 30.2 Å². The normalized spacial score (nSPS) is 18.1. The lowest BCUT2D eigenvalue weighted by atomic mass is 9.96. The van der Waals surface area contributed by atoms with Crippen molar-refractivity contribution in [2.75, 3.05) is 6.61 Å². The highest BCUT2D eigenvalue weighted by Crippen LogP contribution is 2.30. The Morgan fingerprint density at radius 2 is 2.14 bits per heavy atom. The second-order valence-electron chi connectivity index (χ2n) is 6.72. The van der Waals surface area contributed by atoms with Crippen LogP contribution in [-0.4, -0.2) is 22.1 Å². The van der Waals surface area contributed by atoms with Crippen molar-refractivity contribution in [3.05, 3.63) is 47.5 Å². The third kappa shape index (κ3) is 3.45. The number of ether oxygens (including phenoxy) is 1. The molecule has 3 rings (SSSR count). The quantitative estimate of drug-likeness (QED) is 0.911. The molecule has 4 nitrogen and oxygen atoms in total. The number of para-hydroxylation sites is 1. The topological polar surface area (TPSA) is 49.9 Å². The Morgan fingerprint density at radius 3 is 2.95 bits per heavy atom. The molecule has 0 fully saturated rings. The van der Waals surface area contributed by atoms with Gasteiger partial charge in [0.25, 0.3) is 0 Å². The number of imidazole rings is 1. The van der Waals surface area contributed by atoms with Gasteiger partial charge in [0.05, 0.1) is 12.5 Å². The molecule has 0 amide bonds. The number of nitrogens with zero attached hydrogens (tertiary/aromatic N) is 1. The second kappa shape index (κ2) is 5.53. The molecule has 1 atom stereocenters. The fraction of sp³-hybridized carbons (Fsp3) is 0.471. The summed E-state index contributed by atoms with van der Waals surface area (Å²) < 4.78 is 5.84. The zero-order valence-electron chi connectivity index (χ0n) is 12.9. The van der Waals surface area contributed by atoms with E-state index in [2.05, 4.69) is 48.2 Å². The first-order valence-electron chi connectivity index (χ1n) is 7.51. The summed E-state index contributed by atoms with van der Waals surface area (Å²) in [5.41, 5.74) is 2.50. The van der Waals surface area contributed by atoms with Crippen LogP contribution in [0.1, 0.15) is 43.8 Å². The van der Waals surface area contributed by atoms with Crippen molar-refractivity contribution in [1.82, 2.24) is 15.3 Å². The van der Waals surface area contributed by atoms with Gasteiger partial charge in [-0.15, -0.1) is 0 Å². The number of benzene rings is 1. The maximum absolute atomic E-state index is 5.84. The van der Waals surface area contributed by atoms with Gasteiger partial charge in [-0.1, -0.05) is 18.2 Å². The highest BCUT2D eigenvalue weighted by atomic mass is 16.5. The van der Waals surface area contributed by atoms with Gasteiger partial charge in [-0.2, -0.15) is 0 Å². The molecule has 2 N–H and O–H groups in total. The predicted molar refractivity (Wildman–Crippen MR) is 83.6 cm³/mol. The summed E-state index contributed by atoms with van der Waals surface area (Å²) in [5, 5.41) is 3.47. The summed E-state index contributed by atoms with van der Waals surface area (Å²) in [4.78, 5) is 7.97. The minimum absolute atomic E-state index is 0.109. The van der Waals surface area contributed by atoms with Crippen LogP contribution in [-0.2, 0) is 13.0 Å². The van der Waals surface area contributed by atoms with Gasteiger partial charge in [-0.05, 0) is 38.8 Å². The Balaban J connectivity index is 1.67. The first-order valence-corrected chi connectivity index (χ1v) is 7.51. The lowest BCUT2D eigenvalue weighted by molar-refractivity contribution is 0.258. The molecule has 2 heterocycles. The first kappa shape index (κ1) is 14.1. The fourth-order valence-corrected chi connectivity index (χ4v) is 2.54. The van der Waals surface area contributed by atoms with Gasteiger partial charge >= 0.3 is 0 Å². The standard InChI is InChI=1S/C17H23N3O/c1-17(2,3)19-10-14-9-18-16(20-14)13-8-12-6-4-5-7-15(12)21-11-13/h4-7,9,13,19H,8,10-11H2,1-3H3,(H,18,20). The van der Waals surface area contributed by atoms with Gasteiger partial charge in [-0.25, -0.2) is 4.98 Å². The predicted octanol–water partition coefficient (Wildman–Crippen LogP) is 3.02. The van der Waals surface area contributed by atoms with Gasteiger partial charge in [0.1, 0.15) is 11.6 Å². The van der Waals surface area contributed by atoms with E-state index < -0.39 is 0 Å². The molecule has 2 aromatic rings. The van der Waals surface area contributed by atoms with E-state index in [1.54, 1.807) is 0 Å². The molecule has 1 aliphatic rings. The Labute approximate surface area is 125 Å². The van der Waals surface area contributed by atoms with Crippen molar-refractivity contribution in [2.45, 2.75) is 45.2 Å². The maximum Gasteiger partial charge on any atom is 0.122 e. The molecule has 0 bridgehead atoms. The van der Waals surface area contributed by atoms with Crippen LogP contribution in [0.3, 0.4) is 0 Å². The molecule has 0 spiro atoms. The summed E-state index contributed by atoms with van der Waals surface area (Å²) in [6, 6.07) is 8.24. The molecule has 1 aliphatic heterocycles. The molecule has 1 aromatic carbocycles. The third-order valence-electron chi connectivity index (χ3n) is 3.72. The molecule has 112 valence electrons. The molecule has 21 heavy (non-hydrogen) atoms. The molecule has 0 saturated carbocycles. The van der Waals surface area contributed by atoms with Crippen molar-refractivity contribution in [2.24, 2.45) is 0 Å². The maximum atomic E-state index is 5.84. The van der Waals surface area contributed by atoms with Crippen molar-refractivity contribution < 1.29 is 4.74 Å². The van der Waals surface area contributed by atoms with Crippen LogP contribution in [0, 0.1) is 0 Å². The zero-order chi connectivity index (χ0) is 14.9. The summed E-state index contributed by atoms with van der Waals surface area (Å²) in [6.07, 6.45) is 2.91. The number of hydrogen-bond donors (Lipinski definition) is 2. The summed E-state index contributed by atoms with van der Waals surface area (Å²) >= 11 is 0. The SMILES string of the molecule is CC(C)(C)NCc1cnc(C2COc3ccccc3C2)[nH]1. The van der Waals surface area contributed by atoms with Crippen molar-refractivity contribution in [1.29, 1.82) is 0 Å². The van der Waals surface area contributed by atoms with Crippen LogP contribution in [0.4, 0.5) is 0 Å². The minimum atomic E-state index is 0.109. The number of aromatic nitrogens is 2. The van der Waals surface area contributed by atoms with Gasteiger partial charge in [-0.3, -0.25) is 0 Å². The molecule has 4 heteroatoms. The number of H-pyrrole nitrogens is 1. The zero-order valence-corrected chi connectivity index (χ0v) is 12.9. The third-order valence-corrected chi connectivity index (χ3v) is 3.72. The minimum Gasteiger partial charge on any atom is -0.493 e. The van der Waals surface area contributed by atoms with E-state index >= 15 is 0 Å². The monoisotopic (exact) mass is 285 g/mol. The van der Waals surface area contributed by atoms with Crippen LogP contribution >= 0.6 is 0 Å². The number of rotatable bonds is 3. The van der Waals surface area contributed by atoms with Gasteiger partial charge < -0.3 is 15.0 Å². The number of nitrogens with one attached hydrogen (secondary N) is 2. The molecular weight excluding hydrogens is 262 g/mol. The smallest absolute Gasteiger partial charge is 0.122 e. The van der Waals surface area contributed by atoms with Crippen LogP contribution < -0.4 is 10.1 Å². The molecule has 0 radical (unpaired) electrons. The van der Waals surface area contributed by atoms with Crippen LogP contribution in [0.5, 0.6) is 5.75 Å². The van der Waals surface area contributed by atoms with Gasteiger partial charge in [0.15, 0.2) is 0 Å². The molecule has 1 unspecified atom stereocenters. The first-order chi connectivity index (χ1) is 10.0. The van der Waals surface area contributed by atoms with Crippen LogP contribution in [0.15, 0.2) is 30.5 Å². The number of aromatic amines is 1. The van der Waals surface area contributed by atoms with Crippen molar-refractivity contribution in [3.8, 4) is 5.75 Å². The Hall–Kier alpha value is -1.81. The van der Waals surface area contributed by atoms with E-state index in [9.17, 15) is 0 Å². The Kier molecular flexibility index (Phi) is 3.72. The summed E-state index contributed by atoms with van der Waals surface area (Å²) in [6.45, 7) is 7.99. The average molecular weight is 285 g/mol.